The van der Waals surface area contributed by atoms with Crippen LogP contribution in [-0.4, -0.2) is 74.3 Å². The molecule has 0 aliphatic carbocycles. The number of benzene rings is 1. The fourth-order valence-corrected chi connectivity index (χ4v) is 4.72. The van der Waals surface area contributed by atoms with Gasteiger partial charge in [0, 0.05) is 44.5 Å². The number of likely N-dealkylation sites (tertiary alicyclic amines) is 1. The summed E-state index contributed by atoms with van der Waals surface area (Å²) in [6.07, 6.45) is 3.54. The number of hydrogen-bond acceptors (Lipinski definition) is 9. The van der Waals surface area contributed by atoms with Crippen molar-refractivity contribution in [3.8, 4) is 5.75 Å². The summed E-state index contributed by atoms with van der Waals surface area (Å²) in [5.74, 6) is -0.135. The number of non-ortho nitro benzene ring substituents is 1. The Balaban J connectivity index is 1.57. The van der Waals surface area contributed by atoms with Gasteiger partial charge in [-0.3, -0.25) is 19.7 Å². The van der Waals surface area contributed by atoms with Crippen LogP contribution in [0.4, 0.5) is 11.4 Å². The number of anilines is 1. The standard InChI is InChI=1S/C23H33N3O7/c1-17(27)32-15-23(16-33-18(2)28)8-12-24(13-9-23)19-6-10-25(11-7-19)21-5-4-20(26(29)30)14-22(21)31-3/h4-5,14,19H,6-13,15-16H2,1-3H3. The summed E-state index contributed by atoms with van der Waals surface area (Å²) in [5, 5.41) is 11.1. The van der Waals surface area contributed by atoms with Gasteiger partial charge >= 0.3 is 11.9 Å². The average Bonchev–Trinajstić information content (AvgIpc) is 2.81. The van der Waals surface area contributed by atoms with E-state index in [-0.39, 0.29) is 36.3 Å². The lowest BCUT2D eigenvalue weighted by Gasteiger charge is -2.46. The van der Waals surface area contributed by atoms with Crippen molar-refractivity contribution in [3.63, 3.8) is 0 Å². The van der Waals surface area contributed by atoms with E-state index in [2.05, 4.69) is 9.80 Å². The van der Waals surface area contributed by atoms with E-state index in [1.165, 1.54) is 33.1 Å². The average molecular weight is 464 g/mol. The van der Waals surface area contributed by atoms with Gasteiger partial charge in [0.15, 0.2) is 0 Å². The van der Waals surface area contributed by atoms with Crippen molar-refractivity contribution in [2.24, 2.45) is 5.41 Å². The highest BCUT2D eigenvalue weighted by Gasteiger charge is 2.39. The molecule has 0 aromatic heterocycles. The lowest BCUT2D eigenvalue weighted by molar-refractivity contribution is -0.384. The van der Waals surface area contributed by atoms with E-state index < -0.39 is 4.92 Å². The summed E-state index contributed by atoms with van der Waals surface area (Å²) >= 11 is 0. The second-order valence-corrected chi connectivity index (χ2v) is 8.93. The van der Waals surface area contributed by atoms with Crippen molar-refractivity contribution >= 4 is 23.3 Å². The minimum Gasteiger partial charge on any atom is -0.494 e. The minimum absolute atomic E-state index is 0.0183. The fraction of sp³-hybridized carbons (Fsp3) is 0.652. The molecule has 2 saturated heterocycles. The number of ether oxygens (including phenoxy) is 3. The molecule has 2 aliphatic heterocycles. The quantitative estimate of drug-likeness (QED) is 0.326. The summed E-state index contributed by atoms with van der Waals surface area (Å²) in [6.45, 7) is 6.69. The molecule has 0 spiro atoms. The number of esters is 2. The zero-order valence-electron chi connectivity index (χ0n) is 19.6. The van der Waals surface area contributed by atoms with Gasteiger partial charge in [-0.15, -0.1) is 0 Å². The number of nitro benzene ring substituents is 1. The van der Waals surface area contributed by atoms with Gasteiger partial charge in [-0.25, -0.2) is 0 Å². The number of hydrogen-bond donors (Lipinski definition) is 0. The molecule has 10 nitrogen and oxygen atoms in total. The second-order valence-electron chi connectivity index (χ2n) is 8.93. The lowest BCUT2D eigenvalue weighted by Crippen LogP contribution is -2.51. The molecule has 0 amide bonds. The summed E-state index contributed by atoms with van der Waals surface area (Å²) < 4.78 is 16.0. The third kappa shape index (κ3) is 6.34. The predicted octanol–water partition coefficient (Wildman–Crippen LogP) is 2.78. The van der Waals surface area contributed by atoms with Gasteiger partial charge in [-0.1, -0.05) is 0 Å². The van der Waals surface area contributed by atoms with Crippen molar-refractivity contribution in [2.45, 2.75) is 45.6 Å². The fourth-order valence-electron chi connectivity index (χ4n) is 4.72. The third-order valence-corrected chi connectivity index (χ3v) is 6.72. The number of rotatable bonds is 8. The predicted molar refractivity (Wildman–Crippen MR) is 121 cm³/mol. The van der Waals surface area contributed by atoms with Crippen molar-refractivity contribution in [2.75, 3.05) is 51.4 Å². The maximum Gasteiger partial charge on any atom is 0.302 e. The van der Waals surface area contributed by atoms with Gasteiger partial charge in [0.2, 0.25) is 0 Å². The first kappa shape index (κ1) is 24.8. The SMILES string of the molecule is COc1cc([N+](=O)[O-])ccc1N1CCC(N2CCC(COC(C)=O)(COC(C)=O)CC2)CC1. The Kier molecular flexibility index (Phi) is 8.12. The zero-order chi connectivity index (χ0) is 24.0. The molecule has 182 valence electrons. The normalized spacial score (nSPS) is 19.1. The second kappa shape index (κ2) is 10.8. The molecular weight excluding hydrogens is 430 g/mol. The monoisotopic (exact) mass is 463 g/mol. The molecule has 0 saturated carbocycles. The van der Waals surface area contributed by atoms with Crippen LogP contribution in [0.5, 0.6) is 5.75 Å². The summed E-state index contributed by atoms with van der Waals surface area (Å²) in [7, 11) is 1.53. The maximum absolute atomic E-state index is 11.3. The molecule has 33 heavy (non-hydrogen) atoms. The molecule has 0 atom stereocenters. The molecule has 0 unspecified atom stereocenters. The molecule has 1 aromatic carbocycles. The first-order chi connectivity index (χ1) is 15.7. The summed E-state index contributed by atoms with van der Waals surface area (Å²) in [5.41, 5.74) is 0.562. The van der Waals surface area contributed by atoms with Gasteiger partial charge in [0.05, 0.1) is 23.8 Å². The third-order valence-electron chi connectivity index (χ3n) is 6.72. The Labute approximate surface area is 193 Å². The Hall–Kier alpha value is -2.88. The largest absolute Gasteiger partial charge is 0.494 e. The van der Waals surface area contributed by atoms with Crippen molar-refractivity contribution in [3.05, 3.63) is 28.3 Å². The topological polar surface area (TPSA) is 111 Å². The first-order valence-electron chi connectivity index (χ1n) is 11.3. The van der Waals surface area contributed by atoms with E-state index in [1.54, 1.807) is 6.07 Å². The zero-order valence-corrected chi connectivity index (χ0v) is 19.6. The van der Waals surface area contributed by atoms with Crippen LogP contribution in [0.2, 0.25) is 0 Å². The Morgan fingerprint density at radius 1 is 1.06 bits per heavy atom. The molecule has 0 bridgehead atoms. The van der Waals surface area contributed by atoms with Gasteiger partial charge < -0.3 is 24.0 Å². The van der Waals surface area contributed by atoms with Gasteiger partial charge in [0.25, 0.3) is 5.69 Å². The van der Waals surface area contributed by atoms with Crippen LogP contribution >= 0.6 is 0 Å². The maximum atomic E-state index is 11.3. The molecule has 2 heterocycles. The molecule has 0 radical (unpaired) electrons. The highest BCUT2D eigenvalue weighted by molar-refractivity contribution is 5.66. The Morgan fingerprint density at radius 3 is 2.12 bits per heavy atom. The van der Waals surface area contributed by atoms with E-state index in [4.69, 9.17) is 14.2 Å². The van der Waals surface area contributed by atoms with Gasteiger partial charge in [-0.2, -0.15) is 0 Å². The van der Waals surface area contributed by atoms with Gasteiger partial charge in [-0.05, 0) is 44.8 Å². The van der Waals surface area contributed by atoms with Crippen LogP contribution in [0.1, 0.15) is 39.5 Å². The van der Waals surface area contributed by atoms with E-state index in [0.717, 1.165) is 57.5 Å². The van der Waals surface area contributed by atoms with E-state index in [1.807, 2.05) is 0 Å². The van der Waals surface area contributed by atoms with E-state index in [9.17, 15) is 19.7 Å². The van der Waals surface area contributed by atoms with Crippen molar-refractivity contribution in [1.82, 2.24) is 4.90 Å². The van der Waals surface area contributed by atoms with Crippen LogP contribution < -0.4 is 9.64 Å². The smallest absolute Gasteiger partial charge is 0.302 e. The Bertz CT molecular complexity index is 840. The molecule has 3 rings (SSSR count). The molecule has 0 N–H and O–H groups in total. The van der Waals surface area contributed by atoms with Crippen molar-refractivity contribution in [1.29, 1.82) is 0 Å². The molecule has 10 heteroatoms. The van der Waals surface area contributed by atoms with Crippen LogP contribution in [0.15, 0.2) is 18.2 Å². The van der Waals surface area contributed by atoms with Crippen LogP contribution in [-0.2, 0) is 19.1 Å². The van der Waals surface area contributed by atoms with Crippen LogP contribution in [0, 0.1) is 15.5 Å². The van der Waals surface area contributed by atoms with E-state index >= 15 is 0 Å². The summed E-state index contributed by atoms with van der Waals surface area (Å²) in [4.78, 5) is 38.0. The molecule has 2 fully saturated rings. The summed E-state index contributed by atoms with van der Waals surface area (Å²) in [6, 6.07) is 5.18. The van der Waals surface area contributed by atoms with E-state index in [0.29, 0.717) is 11.8 Å². The lowest BCUT2D eigenvalue weighted by atomic mass is 9.79. The van der Waals surface area contributed by atoms with Gasteiger partial charge in [0.1, 0.15) is 19.0 Å². The molecule has 1 aromatic rings. The number of piperidine rings is 2. The number of carbonyl (C=O) groups excluding carboxylic acids is 2. The highest BCUT2D eigenvalue weighted by atomic mass is 16.6. The molecule has 2 aliphatic rings. The van der Waals surface area contributed by atoms with Crippen LogP contribution in [0.3, 0.4) is 0 Å². The van der Waals surface area contributed by atoms with Crippen LogP contribution in [0.25, 0.3) is 0 Å². The number of nitro groups is 1. The highest BCUT2D eigenvalue weighted by Crippen LogP contribution is 2.37. The number of methoxy groups -OCH3 is 1. The first-order valence-corrected chi connectivity index (χ1v) is 11.3. The Morgan fingerprint density at radius 2 is 1.64 bits per heavy atom. The number of nitrogens with zero attached hydrogens (tertiary/aromatic N) is 3. The van der Waals surface area contributed by atoms with Crippen molar-refractivity contribution < 1.29 is 28.7 Å². The minimum atomic E-state index is -0.419. The molecular formula is C23H33N3O7. The number of carbonyl (C=O) groups is 2.